The minimum Gasteiger partial charge on any atom is -0.505 e. The predicted molar refractivity (Wildman–Crippen MR) is 88.9 cm³/mol. The van der Waals surface area contributed by atoms with Crippen molar-refractivity contribution in [1.82, 2.24) is 20.5 Å². The number of aromatic hydroxyl groups is 1. The van der Waals surface area contributed by atoms with Gasteiger partial charge in [-0.05, 0) is 12.1 Å². The first-order valence-corrected chi connectivity index (χ1v) is 7.35. The molecular formula is C17H14N4O4. The van der Waals surface area contributed by atoms with Crippen molar-refractivity contribution in [3.63, 3.8) is 0 Å². The number of carboxylic acids is 1. The molecule has 0 radical (unpaired) electrons. The molecular weight excluding hydrogens is 324 g/mol. The van der Waals surface area contributed by atoms with Crippen LogP contribution in [-0.2, 0) is 4.79 Å². The van der Waals surface area contributed by atoms with E-state index in [4.69, 9.17) is 5.11 Å². The Labute approximate surface area is 142 Å². The topological polar surface area (TPSA) is 128 Å². The summed E-state index contributed by atoms with van der Waals surface area (Å²) in [6, 6.07) is 12.7. The summed E-state index contributed by atoms with van der Waals surface area (Å²) in [6.07, 6.45) is 1.40. The molecule has 1 amide bonds. The lowest BCUT2D eigenvalue weighted by Crippen LogP contribution is -2.29. The number of carbonyl (C=O) groups excluding carboxylic acids is 1. The van der Waals surface area contributed by atoms with E-state index in [9.17, 15) is 14.7 Å². The SMILES string of the molecule is O=C(O)CNC(=O)c1ncc(-c2cc(-c3ccccc3)n[nH]2)cc1O. The number of carboxylic acid groups (broad SMARTS) is 1. The number of hydrogen-bond acceptors (Lipinski definition) is 5. The standard InChI is InChI=1S/C17H14N4O4/c22-14-6-11(8-18-16(14)17(25)19-9-15(23)24)13-7-12(20-21-13)10-4-2-1-3-5-10/h1-8,22H,9H2,(H,19,25)(H,20,21)(H,23,24). The number of benzene rings is 1. The maximum Gasteiger partial charge on any atom is 0.322 e. The van der Waals surface area contributed by atoms with E-state index in [0.29, 0.717) is 11.3 Å². The first-order valence-electron chi connectivity index (χ1n) is 7.35. The quantitative estimate of drug-likeness (QED) is 0.560. The molecule has 3 aromatic rings. The number of carbonyl (C=O) groups is 2. The number of hydrogen-bond donors (Lipinski definition) is 4. The van der Waals surface area contributed by atoms with E-state index in [-0.39, 0.29) is 11.4 Å². The fraction of sp³-hybridized carbons (Fsp3) is 0.0588. The number of aromatic amines is 1. The van der Waals surface area contributed by atoms with Crippen molar-refractivity contribution in [2.75, 3.05) is 6.54 Å². The van der Waals surface area contributed by atoms with Crippen LogP contribution in [0.1, 0.15) is 10.5 Å². The summed E-state index contributed by atoms with van der Waals surface area (Å²) < 4.78 is 0. The molecule has 0 spiro atoms. The largest absolute Gasteiger partial charge is 0.505 e. The third-order valence-corrected chi connectivity index (χ3v) is 3.44. The fourth-order valence-corrected chi connectivity index (χ4v) is 2.24. The molecule has 8 heteroatoms. The summed E-state index contributed by atoms with van der Waals surface area (Å²) in [5, 5.41) is 27.8. The first-order chi connectivity index (χ1) is 12.0. The molecule has 126 valence electrons. The van der Waals surface area contributed by atoms with Crippen LogP contribution in [0.2, 0.25) is 0 Å². The number of pyridine rings is 1. The van der Waals surface area contributed by atoms with Crippen LogP contribution in [0, 0.1) is 0 Å². The van der Waals surface area contributed by atoms with Gasteiger partial charge in [-0.2, -0.15) is 5.10 Å². The molecule has 4 N–H and O–H groups in total. The van der Waals surface area contributed by atoms with Gasteiger partial charge in [0.15, 0.2) is 5.69 Å². The second kappa shape index (κ2) is 6.83. The third kappa shape index (κ3) is 3.63. The molecule has 0 aliphatic rings. The summed E-state index contributed by atoms with van der Waals surface area (Å²) in [5.41, 5.74) is 2.60. The van der Waals surface area contributed by atoms with E-state index in [1.54, 1.807) is 6.07 Å². The highest BCUT2D eigenvalue weighted by molar-refractivity contribution is 5.96. The highest BCUT2D eigenvalue weighted by atomic mass is 16.4. The molecule has 0 saturated carbocycles. The Hall–Kier alpha value is -3.68. The minimum atomic E-state index is -1.18. The van der Waals surface area contributed by atoms with Gasteiger partial charge in [-0.15, -0.1) is 0 Å². The van der Waals surface area contributed by atoms with Gasteiger partial charge in [-0.1, -0.05) is 30.3 Å². The zero-order chi connectivity index (χ0) is 17.8. The van der Waals surface area contributed by atoms with Gasteiger partial charge in [0.1, 0.15) is 12.3 Å². The maximum absolute atomic E-state index is 11.8. The van der Waals surface area contributed by atoms with Crippen molar-refractivity contribution in [3.05, 3.63) is 54.4 Å². The van der Waals surface area contributed by atoms with Gasteiger partial charge in [0.05, 0.1) is 11.4 Å². The van der Waals surface area contributed by atoms with E-state index < -0.39 is 18.4 Å². The number of nitrogens with zero attached hydrogens (tertiary/aromatic N) is 2. The van der Waals surface area contributed by atoms with Crippen LogP contribution in [0.5, 0.6) is 5.75 Å². The van der Waals surface area contributed by atoms with Gasteiger partial charge in [0.25, 0.3) is 5.91 Å². The number of H-pyrrole nitrogens is 1. The minimum absolute atomic E-state index is 0.243. The van der Waals surface area contributed by atoms with Crippen LogP contribution in [-0.4, -0.2) is 43.8 Å². The maximum atomic E-state index is 11.8. The number of nitrogens with one attached hydrogen (secondary N) is 2. The lowest BCUT2D eigenvalue weighted by atomic mass is 10.1. The highest BCUT2D eigenvalue weighted by Gasteiger charge is 2.15. The summed E-state index contributed by atoms with van der Waals surface area (Å²) in [7, 11) is 0. The molecule has 0 saturated heterocycles. The summed E-state index contributed by atoms with van der Waals surface area (Å²) in [5.74, 6) is -2.30. The molecule has 3 rings (SSSR count). The Balaban J connectivity index is 1.83. The number of amides is 1. The fourth-order valence-electron chi connectivity index (χ4n) is 2.24. The van der Waals surface area contributed by atoms with Crippen molar-refractivity contribution >= 4 is 11.9 Å². The van der Waals surface area contributed by atoms with E-state index in [1.807, 2.05) is 30.3 Å². The Bertz CT molecular complexity index is 921. The zero-order valence-corrected chi connectivity index (χ0v) is 12.9. The van der Waals surface area contributed by atoms with Crippen molar-refractivity contribution in [2.45, 2.75) is 0 Å². The Morgan fingerprint density at radius 2 is 1.88 bits per heavy atom. The second-order valence-electron chi connectivity index (χ2n) is 5.20. The Morgan fingerprint density at radius 3 is 2.56 bits per heavy atom. The van der Waals surface area contributed by atoms with Crippen LogP contribution < -0.4 is 5.32 Å². The van der Waals surface area contributed by atoms with E-state index >= 15 is 0 Å². The van der Waals surface area contributed by atoms with Crippen LogP contribution in [0.4, 0.5) is 0 Å². The molecule has 2 aromatic heterocycles. The van der Waals surface area contributed by atoms with E-state index in [1.165, 1.54) is 12.3 Å². The molecule has 0 unspecified atom stereocenters. The van der Waals surface area contributed by atoms with Crippen LogP contribution >= 0.6 is 0 Å². The van der Waals surface area contributed by atoms with Gasteiger partial charge >= 0.3 is 5.97 Å². The van der Waals surface area contributed by atoms with Crippen molar-refractivity contribution < 1.29 is 19.8 Å². The summed E-state index contributed by atoms with van der Waals surface area (Å²) >= 11 is 0. The first kappa shape index (κ1) is 16.2. The van der Waals surface area contributed by atoms with Gasteiger partial charge in [0, 0.05) is 17.3 Å². The molecule has 25 heavy (non-hydrogen) atoms. The average molecular weight is 338 g/mol. The summed E-state index contributed by atoms with van der Waals surface area (Å²) in [4.78, 5) is 26.2. The Kier molecular flexibility index (Phi) is 4.42. The van der Waals surface area contributed by atoms with Crippen LogP contribution in [0.3, 0.4) is 0 Å². The number of aliphatic carboxylic acids is 1. The smallest absolute Gasteiger partial charge is 0.322 e. The van der Waals surface area contributed by atoms with Gasteiger partial charge in [0.2, 0.25) is 0 Å². The number of rotatable bonds is 5. The summed E-state index contributed by atoms with van der Waals surface area (Å²) in [6.45, 7) is -0.553. The molecule has 0 bridgehead atoms. The molecule has 0 fully saturated rings. The lowest BCUT2D eigenvalue weighted by Gasteiger charge is -2.05. The van der Waals surface area contributed by atoms with Gasteiger partial charge in [-0.3, -0.25) is 14.7 Å². The Morgan fingerprint density at radius 1 is 1.12 bits per heavy atom. The molecule has 0 aliphatic heterocycles. The molecule has 1 aromatic carbocycles. The molecule has 2 heterocycles. The second-order valence-corrected chi connectivity index (χ2v) is 5.20. The average Bonchev–Trinajstić information content (AvgIpc) is 3.10. The normalized spacial score (nSPS) is 10.4. The van der Waals surface area contributed by atoms with Crippen LogP contribution in [0.25, 0.3) is 22.5 Å². The lowest BCUT2D eigenvalue weighted by molar-refractivity contribution is -0.135. The zero-order valence-electron chi connectivity index (χ0n) is 12.9. The molecule has 0 atom stereocenters. The van der Waals surface area contributed by atoms with Crippen molar-refractivity contribution in [3.8, 4) is 28.3 Å². The van der Waals surface area contributed by atoms with Crippen molar-refractivity contribution in [1.29, 1.82) is 0 Å². The molecule has 0 aliphatic carbocycles. The van der Waals surface area contributed by atoms with Crippen molar-refractivity contribution in [2.24, 2.45) is 0 Å². The van der Waals surface area contributed by atoms with Gasteiger partial charge in [-0.25, -0.2) is 4.98 Å². The molecule has 8 nitrogen and oxygen atoms in total. The van der Waals surface area contributed by atoms with Gasteiger partial charge < -0.3 is 15.5 Å². The monoisotopic (exact) mass is 338 g/mol. The predicted octanol–water partition coefficient (Wildman–Crippen LogP) is 1.66. The van der Waals surface area contributed by atoms with E-state index in [2.05, 4.69) is 20.5 Å². The third-order valence-electron chi connectivity index (χ3n) is 3.44. The van der Waals surface area contributed by atoms with Crippen LogP contribution in [0.15, 0.2) is 48.7 Å². The van der Waals surface area contributed by atoms with E-state index in [0.717, 1.165) is 11.3 Å². The highest BCUT2D eigenvalue weighted by Crippen LogP contribution is 2.26. The number of aromatic nitrogens is 3.